The molecular weight excluding hydrogens is 134 g/mol. The van der Waals surface area contributed by atoms with E-state index < -0.39 is 11.7 Å². The van der Waals surface area contributed by atoms with Crippen molar-refractivity contribution in [2.75, 3.05) is 0 Å². The van der Waals surface area contributed by atoms with Crippen LogP contribution in [0.15, 0.2) is 12.3 Å². The van der Waals surface area contributed by atoms with Gasteiger partial charge in [-0.2, -0.15) is 0 Å². The van der Waals surface area contributed by atoms with Gasteiger partial charge in [-0.15, -0.1) is 0 Å². The lowest BCUT2D eigenvalue weighted by molar-refractivity contribution is -0.159. The van der Waals surface area contributed by atoms with E-state index in [9.17, 15) is 4.79 Å². The summed E-state index contributed by atoms with van der Waals surface area (Å²) in [5.41, 5.74) is -1.19. The first-order valence-corrected chi connectivity index (χ1v) is 2.96. The van der Waals surface area contributed by atoms with Gasteiger partial charge in [-0.1, -0.05) is 6.58 Å². The predicted octanol–water partition coefficient (Wildman–Crippen LogP) is -0.343. The van der Waals surface area contributed by atoms with Crippen LogP contribution in [-0.4, -0.2) is 21.9 Å². The number of carbonyl (C=O) groups is 1. The first kappa shape index (κ1) is 7.08. The molecule has 0 aliphatic carbocycles. The van der Waals surface area contributed by atoms with Gasteiger partial charge in [0.05, 0.1) is 0 Å². The standard InChI is InChI=1S/C6H9NO3/c1-4-2-3-6(10,7-4)5(8)9/h7,10H,1-3H2,(H,8,9)/t6-/m1/s1. The Bertz CT molecular complexity index is 189. The molecule has 0 aromatic carbocycles. The quantitative estimate of drug-likeness (QED) is 0.469. The highest BCUT2D eigenvalue weighted by Gasteiger charge is 2.40. The summed E-state index contributed by atoms with van der Waals surface area (Å²) in [4.78, 5) is 10.3. The Kier molecular flexibility index (Phi) is 1.40. The molecule has 1 aliphatic heterocycles. The summed E-state index contributed by atoms with van der Waals surface area (Å²) in [5.74, 6) is -1.24. The lowest BCUT2D eigenvalue weighted by atomic mass is 10.2. The van der Waals surface area contributed by atoms with E-state index in [0.717, 1.165) is 0 Å². The van der Waals surface area contributed by atoms with E-state index in [1.165, 1.54) is 0 Å². The number of aliphatic hydroxyl groups is 1. The van der Waals surface area contributed by atoms with Gasteiger partial charge in [-0.25, -0.2) is 4.79 Å². The fraction of sp³-hybridized carbons (Fsp3) is 0.500. The summed E-state index contributed by atoms with van der Waals surface area (Å²) >= 11 is 0. The van der Waals surface area contributed by atoms with Crippen molar-refractivity contribution in [3.8, 4) is 0 Å². The molecule has 1 saturated heterocycles. The van der Waals surface area contributed by atoms with Crippen molar-refractivity contribution in [1.82, 2.24) is 5.32 Å². The molecule has 0 amide bonds. The van der Waals surface area contributed by atoms with Crippen molar-refractivity contribution in [2.24, 2.45) is 0 Å². The second-order valence-electron chi connectivity index (χ2n) is 2.39. The Labute approximate surface area is 58.2 Å². The molecular formula is C6H9NO3. The number of carboxylic acids is 1. The van der Waals surface area contributed by atoms with E-state index in [1.807, 2.05) is 0 Å². The third kappa shape index (κ3) is 0.974. The number of hydrogen-bond donors (Lipinski definition) is 3. The Morgan fingerprint density at radius 3 is 2.60 bits per heavy atom. The minimum Gasteiger partial charge on any atom is -0.478 e. The molecule has 1 aliphatic rings. The average molecular weight is 143 g/mol. The summed E-state index contributed by atoms with van der Waals surface area (Å²) in [7, 11) is 0. The zero-order valence-electron chi connectivity index (χ0n) is 5.42. The summed E-state index contributed by atoms with van der Waals surface area (Å²) in [6.45, 7) is 3.50. The van der Waals surface area contributed by atoms with Crippen LogP contribution in [0, 0.1) is 0 Å². The fourth-order valence-electron chi connectivity index (χ4n) is 0.910. The number of allylic oxidation sites excluding steroid dienone is 1. The van der Waals surface area contributed by atoms with Crippen LogP contribution in [-0.2, 0) is 4.79 Å². The van der Waals surface area contributed by atoms with Crippen LogP contribution in [0.3, 0.4) is 0 Å². The molecule has 4 heteroatoms. The Balaban J connectivity index is 2.72. The molecule has 1 rings (SSSR count). The van der Waals surface area contributed by atoms with Crippen molar-refractivity contribution in [2.45, 2.75) is 18.6 Å². The van der Waals surface area contributed by atoms with Gasteiger partial charge in [0.1, 0.15) is 0 Å². The van der Waals surface area contributed by atoms with Crippen LogP contribution >= 0.6 is 0 Å². The van der Waals surface area contributed by atoms with Gasteiger partial charge in [0.25, 0.3) is 0 Å². The third-order valence-electron chi connectivity index (χ3n) is 1.53. The third-order valence-corrected chi connectivity index (χ3v) is 1.53. The van der Waals surface area contributed by atoms with Gasteiger partial charge in [-0.05, 0) is 6.42 Å². The number of nitrogens with one attached hydrogen (secondary N) is 1. The smallest absolute Gasteiger partial charge is 0.357 e. The molecule has 0 radical (unpaired) electrons. The molecule has 0 saturated carbocycles. The maximum absolute atomic E-state index is 10.3. The molecule has 0 unspecified atom stereocenters. The van der Waals surface area contributed by atoms with Crippen molar-refractivity contribution >= 4 is 5.97 Å². The molecule has 10 heavy (non-hydrogen) atoms. The van der Waals surface area contributed by atoms with Crippen LogP contribution in [0.5, 0.6) is 0 Å². The molecule has 0 bridgehead atoms. The van der Waals surface area contributed by atoms with Crippen LogP contribution in [0.4, 0.5) is 0 Å². The van der Waals surface area contributed by atoms with Crippen molar-refractivity contribution < 1.29 is 15.0 Å². The topological polar surface area (TPSA) is 69.6 Å². The highest BCUT2D eigenvalue weighted by atomic mass is 16.4. The number of carboxylic acid groups (broad SMARTS) is 1. The molecule has 1 fully saturated rings. The SMILES string of the molecule is C=C1CC[C@@](O)(C(=O)O)N1. The van der Waals surface area contributed by atoms with Crippen LogP contribution in [0.2, 0.25) is 0 Å². The lowest BCUT2D eigenvalue weighted by Gasteiger charge is -2.16. The van der Waals surface area contributed by atoms with E-state index in [2.05, 4.69) is 11.9 Å². The van der Waals surface area contributed by atoms with Crippen LogP contribution in [0.1, 0.15) is 12.8 Å². The molecule has 3 N–H and O–H groups in total. The van der Waals surface area contributed by atoms with Gasteiger partial charge in [0, 0.05) is 12.1 Å². The Morgan fingerprint density at radius 2 is 2.40 bits per heavy atom. The second-order valence-corrected chi connectivity index (χ2v) is 2.39. The van der Waals surface area contributed by atoms with Gasteiger partial charge >= 0.3 is 5.97 Å². The van der Waals surface area contributed by atoms with Gasteiger partial charge in [0.2, 0.25) is 5.72 Å². The predicted molar refractivity (Wildman–Crippen MR) is 34.1 cm³/mol. The number of hydrogen-bond acceptors (Lipinski definition) is 3. The molecule has 1 heterocycles. The van der Waals surface area contributed by atoms with E-state index in [0.29, 0.717) is 12.1 Å². The largest absolute Gasteiger partial charge is 0.478 e. The monoisotopic (exact) mass is 143 g/mol. The maximum atomic E-state index is 10.3. The van der Waals surface area contributed by atoms with Crippen molar-refractivity contribution in [3.05, 3.63) is 12.3 Å². The highest BCUT2D eigenvalue weighted by molar-refractivity contribution is 5.77. The van der Waals surface area contributed by atoms with E-state index in [1.54, 1.807) is 0 Å². The first-order valence-electron chi connectivity index (χ1n) is 2.96. The Hall–Kier alpha value is -1.03. The number of rotatable bonds is 1. The van der Waals surface area contributed by atoms with Gasteiger partial charge in [-0.3, -0.25) is 0 Å². The van der Waals surface area contributed by atoms with E-state index in [-0.39, 0.29) is 6.42 Å². The summed E-state index contributed by atoms with van der Waals surface area (Å²) in [5, 5.41) is 20.0. The molecule has 0 aromatic rings. The normalized spacial score (nSPS) is 31.9. The second kappa shape index (κ2) is 1.98. The molecule has 4 nitrogen and oxygen atoms in total. The van der Waals surface area contributed by atoms with Crippen molar-refractivity contribution in [1.29, 1.82) is 0 Å². The molecule has 56 valence electrons. The highest BCUT2D eigenvalue weighted by Crippen LogP contribution is 2.21. The van der Waals surface area contributed by atoms with Crippen molar-refractivity contribution in [3.63, 3.8) is 0 Å². The molecule has 1 atom stereocenters. The van der Waals surface area contributed by atoms with Gasteiger partial charge < -0.3 is 15.5 Å². The Morgan fingerprint density at radius 1 is 1.80 bits per heavy atom. The average Bonchev–Trinajstić information content (AvgIpc) is 2.13. The minimum atomic E-state index is -1.77. The summed E-state index contributed by atoms with van der Waals surface area (Å²) < 4.78 is 0. The van der Waals surface area contributed by atoms with Gasteiger partial charge in [0.15, 0.2) is 0 Å². The summed E-state index contributed by atoms with van der Waals surface area (Å²) in [6.07, 6.45) is 0.712. The summed E-state index contributed by atoms with van der Waals surface area (Å²) in [6, 6.07) is 0. The maximum Gasteiger partial charge on any atom is 0.357 e. The molecule has 0 aromatic heterocycles. The van der Waals surface area contributed by atoms with E-state index >= 15 is 0 Å². The van der Waals surface area contributed by atoms with Crippen LogP contribution in [0.25, 0.3) is 0 Å². The fourth-order valence-corrected chi connectivity index (χ4v) is 0.910. The zero-order chi connectivity index (χ0) is 7.78. The van der Waals surface area contributed by atoms with Crippen LogP contribution < -0.4 is 5.32 Å². The lowest BCUT2D eigenvalue weighted by Crippen LogP contribution is -2.46. The zero-order valence-corrected chi connectivity index (χ0v) is 5.42. The number of aliphatic carboxylic acids is 1. The molecule has 0 spiro atoms. The van der Waals surface area contributed by atoms with E-state index in [4.69, 9.17) is 10.2 Å². The minimum absolute atomic E-state index is 0.196. The first-order chi connectivity index (χ1) is 4.54.